The van der Waals surface area contributed by atoms with Gasteiger partial charge in [0.2, 0.25) is 5.95 Å². The van der Waals surface area contributed by atoms with Crippen LogP contribution in [0.4, 0.5) is 5.95 Å². The molecule has 10 nitrogen and oxygen atoms in total. The number of H-pyrrole nitrogens is 1. The van der Waals surface area contributed by atoms with Gasteiger partial charge in [0.05, 0.1) is 31.7 Å². The van der Waals surface area contributed by atoms with Crippen molar-refractivity contribution < 1.29 is 14.4 Å². The average molecular weight is 413 g/mol. The molecular weight excluding hydrogens is 388 g/mol. The molecule has 158 valence electrons. The molecule has 1 aromatic carbocycles. The van der Waals surface area contributed by atoms with Crippen molar-refractivity contribution in [2.45, 2.75) is 0 Å². The Hall–Kier alpha value is -3.40. The molecule has 0 atom stereocenters. The van der Waals surface area contributed by atoms with Gasteiger partial charge in [-0.2, -0.15) is 4.98 Å². The molecule has 3 heterocycles. The Morgan fingerprint density at radius 3 is 2.53 bits per heavy atom. The number of aromatic amines is 1. The van der Waals surface area contributed by atoms with Crippen LogP contribution < -0.4 is 21.0 Å². The van der Waals surface area contributed by atoms with Crippen molar-refractivity contribution in [2.24, 2.45) is 14.1 Å². The van der Waals surface area contributed by atoms with Gasteiger partial charge in [0.25, 0.3) is 5.56 Å². The second kappa shape index (κ2) is 8.15. The third-order valence-corrected chi connectivity index (χ3v) is 5.55. The Bertz CT molecular complexity index is 1170. The highest BCUT2D eigenvalue weighted by Gasteiger charge is 2.24. The summed E-state index contributed by atoms with van der Waals surface area (Å²) in [4.78, 5) is 47.4. The number of quaternary nitrogens is 1. The predicted octanol–water partition coefficient (Wildman–Crippen LogP) is -1.48. The van der Waals surface area contributed by atoms with Crippen LogP contribution in [0.3, 0.4) is 0 Å². The average Bonchev–Trinajstić information content (AvgIpc) is 3.23. The van der Waals surface area contributed by atoms with Gasteiger partial charge >= 0.3 is 11.7 Å². The highest BCUT2D eigenvalue weighted by Crippen LogP contribution is 2.13. The summed E-state index contributed by atoms with van der Waals surface area (Å²) in [6.07, 6.45) is 0. The van der Waals surface area contributed by atoms with Crippen LogP contribution in [0.25, 0.3) is 11.2 Å². The first-order valence-electron chi connectivity index (χ1n) is 9.92. The number of esters is 1. The summed E-state index contributed by atoms with van der Waals surface area (Å²) >= 11 is 0. The Morgan fingerprint density at radius 2 is 1.83 bits per heavy atom. The molecule has 4 rings (SSSR count). The number of carbonyl (C=O) groups excluding carboxylic acids is 1. The zero-order valence-corrected chi connectivity index (χ0v) is 17.1. The van der Waals surface area contributed by atoms with Gasteiger partial charge in [-0.05, 0) is 12.1 Å². The van der Waals surface area contributed by atoms with Crippen molar-refractivity contribution >= 4 is 23.1 Å². The zero-order valence-electron chi connectivity index (χ0n) is 17.1. The number of benzene rings is 1. The number of nitrogens with one attached hydrogen (secondary N) is 2. The molecule has 2 N–H and O–H groups in total. The van der Waals surface area contributed by atoms with E-state index in [1.807, 2.05) is 18.2 Å². The van der Waals surface area contributed by atoms with E-state index in [1.165, 1.54) is 16.5 Å². The number of hydrogen-bond donors (Lipinski definition) is 2. The summed E-state index contributed by atoms with van der Waals surface area (Å²) in [5, 5.41) is 0. The van der Waals surface area contributed by atoms with Crippen LogP contribution in [0, 0.1) is 0 Å². The number of anilines is 1. The minimum atomic E-state index is -0.398. The minimum Gasteiger partial charge on any atom is -0.456 e. The first kappa shape index (κ1) is 19.9. The third-order valence-electron chi connectivity index (χ3n) is 5.55. The summed E-state index contributed by atoms with van der Waals surface area (Å²) < 4.78 is 7.82. The maximum absolute atomic E-state index is 12.3. The predicted molar refractivity (Wildman–Crippen MR) is 111 cm³/mol. The molecule has 0 saturated carbocycles. The normalized spacial score (nSPS) is 14.9. The van der Waals surface area contributed by atoms with E-state index in [0.717, 1.165) is 37.3 Å². The van der Waals surface area contributed by atoms with Crippen molar-refractivity contribution in [3.63, 3.8) is 0 Å². The van der Waals surface area contributed by atoms with Gasteiger partial charge in [0, 0.05) is 14.1 Å². The molecule has 2 aromatic heterocycles. The number of piperazine rings is 1. The first-order chi connectivity index (χ1) is 14.5. The lowest BCUT2D eigenvalue weighted by Gasteiger charge is -2.31. The Kier molecular flexibility index (Phi) is 5.40. The number of hydrogen-bond acceptors (Lipinski definition) is 6. The summed E-state index contributed by atoms with van der Waals surface area (Å²) in [7, 11) is 3.06. The van der Waals surface area contributed by atoms with E-state index in [1.54, 1.807) is 19.2 Å². The van der Waals surface area contributed by atoms with Gasteiger partial charge in [0.15, 0.2) is 11.2 Å². The first-order valence-corrected chi connectivity index (χ1v) is 9.92. The highest BCUT2D eigenvalue weighted by molar-refractivity contribution is 5.89. The van der Waals surface area contributed by atoms with Gasteiger partial charge in [0.1, 0.15) is 13.2 Å². The van der Waals surface area contributed by atoms with E-state index in [9.17, 15) is 14.4 Å². The number of nitrogens with zero attached hydrogens (tertiary/aromatic N) is 4. The molecule has 1 saturated heterocycles. The monoisotopic (exact) mass is 413 g/mol. The SMILES string of the molecule is Cn1c(=O)c2[nH]c(N3CC[NH+](CCOC(=O)c4ccccc4)CC3)nc2n(C)c1=O. The maximum Gasteiger partial charge on any atom is 0.338 e. The second-order valence-corrected chi connectivity index (χ2v) is 7.45. The molecule has 1 aliphatic heterocycles. The minimum absolute atomic E-state index is 0.303. The molecule has 0 bridgehead atoms. The highest BCUT2D eigenvalue weighted by atomic mass is 16.5. The van der Waals surface area contributed by atoms with E-state index in [4.69, 9.17) is 4.74 Å². The zero-order chi connectivity index (χ0) is 21.3. The summed E-state index contributed by atoms with van der Waals surface area (Å²) in [6, 6.07) is 8.97. The number of fused-ring (bicyclic) bond motifs is 1. The Balaban J connectivity index is 1.34. The number of imidazole rings is 1. The van der Waals surface area contributed by atoms with Gasteiger partial charge in [-0.3, -0.25) is 13.9 Å². The third kappa shape index (κ3) is 3.73. The molecule has 0 amide bonds. The van der Waals surface area contributed by atoms with E-state index in [2.05, 4.69) is 14.9 Å². The van der Waals surface area contributed by atoms with E-state index in [0.29, 0.717) is 29.3 Å². The Morgan fingerprint density at radius 1 is 1.13 bits per heavy atom. The number of aryl methyl sites for hydroxylation is 1. The number of carbonyl (C=O) groups is 1. The molecule has 30 heavy (non-hydrogen) atoms. The summed E-state index contributed by atoms with van der Waals surface area (Å²) in [5.41, 5.74) is 0.474. The molecule has 3 aromatic rings. The summed E-state index contributed by atoms with van der Waals surface area (Å²) in [5.74, 6) is 0.293. The summed E-state index contributed by atoms with van der Waals surface area (Å²) in [6.45, 7) is 4.31. The van der Waals surface area contributed by atoms with Crippen molar-refractivity contribution in [3.8, 4) is 0 Å². The van der Waals surface area contributed by atoms with Crippen LogP contribution >= 0.6 is 0 Å². The largest absolute Gasteiger partial charge is 0.456 e. The van der Waals surface area contributed by atoms with Gasteiger partial charge in [-0.25, -0.2) is 9.59 Å². The molecule has 10 heteroatoms. The fourth-order valence-corrected chi connectivity index (χ4v) is 3.69. The Labute approximate surface area is 172 Å². The van der Waals surface area contributed by atoms with Crippen LogP contribution in [0.1, 0.15) is 10.4 Å². The second-order valence-electron chi connectivity index (χ2n) is 7.45. The quantitative estimate of drug-likeness (QED) is 0.495. The van der Waals surface area contributed by atoms with E-state index in [-0.39, 0.29) is 11.5 Å². The lowest BCUT2D eigenvalue weighted by atomic mass is 10.2. The van der Waals surface area contributed by atoms with Crippen molar-refractivity contribution in [1.29, 1.82) is 0 Å². The van der Waals surface area contributed by atoms with E-state index >= 15 is 0 Å². The standard InChI is InChI=1S/C20H24N6O4/c1-23-16-15(17(27)24(2)20(23)29)21-19(22-16)26-10-8-25(9-11-26)12-13-30-18(28)14-6-4-3-5-7-14/h3-7H,8-13H2,1-2H3,(H,21,22)/p+1. The molecule has 0 radical (unpaired) electrons. The van der Waals surface area contributed by atoms with Crippen molar-refractivity contribution in [1.82, 2.24) is 19.1 Å². The van der Waals surface area contributed by atoms with Gasteiger partial charge in [-0.15, -0.1) is 0 Å². The lowest BCUT2D eigenvalue weighted by Crippen LogP contribution is -3.15. The van der Waals surface area contributed by atoms with Crippen molar-refractivity contribution in [3.05, 3.63) is 56.7 Å². The fraction of sp³-hybridized carbons (Fsp3) is 0.400. The molecule has 1 aliphatic rings. The molecule has 1 fully saturated rings. The van der Waals surface area contributed by atoms with Crippen LogP contribution in [-0.4, -0.2) is 64.4 Å². The van der Waals surface area contributed by atoms with Crippen LogP contribution in [0.15, 0.2) is 39.9 Å². The number of ether oxygens (including phenoxy) is 1. The van der Waals surface area contributed by atoms with Crippen molar-refractivity contribution in [2.75, 3.05) is 44.2 Å². The van der Waals surface area contributed by atoms with Crippen LogP contribution in [-0.2, 0) is 18.8 Å². The number of rotatable bonds is 5. The van der Waals surface area contributed by atoms with Crippen LogP contribution in [0.5, 0.6) is 0 Å². The molecule has 0 aliphatic carbocycles. The number of aromatic nitrogens is 4. The molecule has 0 unspecified atom stereocenters. The van der Waals surface area contributed by atoms with Gasteiger partial charge in [-0.1, -0.05) is 18.2 Å². The van der Waals surface area contributed by atoms with Gasteiger partial charge < -0.3 is 19.5 Å². The lowest BCUT2D eigenvalue weighted by molar-refractivity contribution is -0.900. The molecule has 0 spiro atoms. The topological polar surface area (TPSA) is 107 Å². The maximum atomic E-state index is 12.3. The van der Waals surface area contributed by atoms with Crippen LogP contribution in [0.2, 0.25) is 0 Å². The van der Waals surface area contributed by atoms with E-state index < -0.39 is 5.69 Å². The molecular formula is C20H25N6O4+. The fourth-order valence-electron chi connectivity index (χ4n) is 3.69. The smallest absolute Gasteiger partial charge is 0.338 e.